The molecule has 1 aliphatic heterocycles. The van der Waals surface area contributed by atoms with Crippen LogP contribution in [0.3, 0.4) is 0 Å². The molecule has 114 valence electrons. The van der Waals surface area contributed by atoms with Crippen molar-refractivity contribution in [1.29, 1.82) is 0 Å². The molecule has 22 heavy (non-hydrogen) atoms. The molecule has 0 bridgehead atoms. The number of carboxylic acids is 1. The van der Waals surface area contributed by atoms with Crippen molar-refractivity contribution in [2.45, 2.75) is 18.9 Å². The van der Waals surface area contributed by atoms with E-state index in [1.54, 1.807) is 0 Å². The molecule has 2 aromatic carbocycles. The van der Waals surface area contributed by atoms with Crippen LogP contribution in [0.25, 0.3) is 0 Å². The van der Waals surface area contributed by atoms with Crippen molar-refractivity contribution in [3.8, 4) is 0 Å². The van der Waals surface area contributed by atoms with Gasteiger partial charge in [0.2, 0.25) is 0 Å². The van der Waals surface area contributed by atoms with Crippen LogP contribution in [0.1, 0.15) is 23.5 Å². The fourth-order valence-corrected chi connectivity index (χ4v) is 3.34. The zero-order valence-corrected chi connectivity index (χ0v) is 12.6. The Morgan fingerprint density at radius 3 is 2.32 bits per heavy atom. The van der Waals surface area contributed by atoms with E-state index in [0.717, 1.165) is 25.2 Å². The zero-order valence-electron chi connectivity index (χ0n) is 12.6. The standard InChI is InChI=1S/C19H21NO2/c21-19(22)17-11-12-20(13-15-7-3-1-4-8-15)14-18(17)16-9-5-2-6-10-16/h1-10,17-18H,11-14H2,(H,21,22)/t17-,18+/m1/s1. The van der Waals surface area contributed by atoms with E-state index in [-0.39, 0.29) is 11.8 Å². The van der Waals surface area contributed by atoms with Crippen LogP contribution in [0.2, 0.25) is 0 Å². The van der Waals surface area contributed by atoms with Gasteiger partial charge in [-0.3, -0.25) is 9.69 Å². The van der Waals surface area contributed by atoms with Gasteiger partial charge in [-0.2, -0.15) is 0 Å². The highest BCUT2D eigenvalue weighted by Gasteiger charge is 2.34. The molecule has 0 unspecified atom stereocenters. The minimum Gasteiger partial charge on any atom is -0.481 e. The van der Waals surface area contributed by atoms with Gasteiger partial charge >= 0.3 is 5.97 Å². The third kappa shape index (κ3) is 3.37. The predicted octanol–water partition coefficient (Wildman–Crippen LogP) is 3.38. The number of nitrogens with zero attached hydrogens (tertiary/aromatic N) is 1. The van der Waals surface area contributed by atoms with E-state index < -0.39 is 5.97 Å². The Bertz CT molecular complexity index is 612. The molecule has 2 aromatic rings. The van der Waals surface area contributed by atoms with Crippen LogP contribution in [-0.2, 0) is 11.3 Å². The lowest BCUT2D eigenvalue weighted by Crippen LogP contribution is -2.41. The molecule has 0 radical (unpaired) electrons. The quantitative estimate of drug-likeness (QED) is 0.940. The molecule has 3 rings (SSSR count). The number of carbonyl (C=O) groups is 1. The van der Waals surface area contributed by atoms with Crippen LogP contribution in [0.15, 0.2) is 60.7 Å². The maximum absolute atomic E-state index is 11.6. The number of hydrogen-bond donors (Lipinski definition) is 1. The van der Waals surface area contributed by atoms with E-state index in [1.165, 1.54) is 5.56 Å². The van der Waals surface area contributed by atoms with E-state index in [4.69, 9.17) is 0 Å². The van der Waals surface area contributed by atoms with Gasteiger partial charge in [0.25, 0.3) is 0 Å². The number of hydrogen-bond acceptors (Lipinski definition) is 2. The topological polar surface area (TPSA) is 40.5 Å². The minimum atomic E-state index is -0.673. The third-order valence-corrected chi connectivity index (χ3v) is 4.49. The van der Waals surface area contributed by atoms with Gasteiger partial charge in [-0.05, 0) is 24.1 Å². The Hall–Kier alpha value is -2.13. The lowest BCUT2D eigenvalue weighted by Gasteiger charge is -2.37. The SMILES string of the molecule is O=C(O)[C@@H]1CCN(Cc2ccccc2)C[C@H]1c1ccccc1. The van der Waals surface area contributed by atoms with Crippen molar-refractivity contribution in [2.75, 3.05) is 13.1 Å². The highest BCUT2D eigenvalue weighted by atomic mass is 16.4. The second kappa shape index (κ2) is 6.75. The molecule has 0 saturated carbocycles. The third-order valence-electron chi connectivity index (χ3n) is 4.49. The number of aliphatic carboxylic acids is 1. The summed E-state index contributed by atoms with van der Waals surface area (Å²) in [6.45, 7) is 2.53. The lowest BCUT2D eigenvalue weighted by atomic mass is 9.80. The van der Waals surface area contributed by atoms with Crippen molar-refractivity contribution in [3.05, 3.63) is 71.8 Å². The van der Waals surface area contributed by atoms with Gasteiger partial charge in [-0.25, -0.2) is 0 Å². The molecule has 0 aliphatic carbocycles. The number of carboxylic acid groups (broad SMARTS) is 1. The van der Waals surface area contributed by atoms with Crippen LogP contribution >= 0.6 is 0 Å². The van der Waals surface area contributed by atoms with Crippen molar-refractivity contribution < 1.29 is 9.90 Å². The van der Waals surface area contributed by atoms with Crippen LogP contribution in [0, 0.1) is 5.92 Å². The average molecular weight is 295 g/mol. The van der Waals surface area contributed by atoms with Crippen molar-refractivity contribution in [2.24, 2.45) is 5.92 Å². The number of piperidine rings is 1. The Morgan fingerprint density at radius 1 is 1.05 bits per heavy atom. The maximum Gasteiger partial charge on any atom is 0.307 e. The molecule has 3 nitrogen and oxygen atoms in total. The van der Waals surface area contributed by atoms with E-state index in [2.05, 4.69) is 17.0 Å². The van der Waals surface area contributed by atoms with Gasteiger partial charge in [0.1, 0.15) is 0 Å². The first-order valence-corrected chi connectivity index (χ1v) is 7.78. The monoisotopic (exact) mass is 295 g/mol. The summed E-state index contributed by atoms with van der Waals surface area (Å²) in [5.41, 5.74) is 2.41. The Kier molecular flexibility index (Phi) is 4.54. The molecule has 1 heterocycles. The van der Waals surface area contributed by atoms with E-state index >= 15 is 0 Å². The second-order valence-corrected chi connectivity index (χ2v) is 5.97. The highest BCUT2D eigenvalue weighted by molar-refractivity contribution is 5.71. The molecule has 2 atom stereocenters. The van der Waals surface area contributed by atoms with Crippen molar-refractivity contribution >= 4 is 5.97 Å². The normalized spacial score (nSPS) is 22.4. The molecule has 0 spiro atoms. The molecule has 1 fully saturated rings. The van der Waals surface area contributed by atoms with E-state index in [0.29, 0.717) is 6.42 Å². The summed E-state index contributed by atoms with van der Waals surface area (Å²) in [5.74, 6) is -0.890. The predicted molar refractivity (Wildman–Crippen MR) is 86.6 cm³/mol. The van der Waals surface area contributed by atoms with Gasteiger partial charge < -0.3 is 5.11 Å². The zero-order chi connectivity index (χ0) is 15.4. The second-order valence-electron chi connectivity index (χ2n) is 5.97. The first-order valence-electron chi connectivity index (χ1n) is 7.78. The molecule has 3 heteroatoms. The number of likely N-dealkylation sites (tertiary alicyclic amines) is 1. The summed E-state index contributed by atoms with van der Waals surface area (Å²) in [6, 6.07) is 20.4. The largest absolute Gasteiger partial charge is 0.481 e. The maximum atomic E-state index is 11.6. The summed E-state index contributed by atoms with van der Waals surface area (Å²) in [5, 5.41) is 9.53. The van der Waals surface area contributed by atoms with Crippen LogP contribution in [0.4, 0.5) is 0 Å². The molecule has 0 amide bonds. The molecule has 1 aliphatic rings. The first kappa shape index (κ1) is 14.8. The molecule has 0 aromatic heterocycles. The van der Waals surface area contributed by atoms with Gasteiger partial charge in [0.15, 0.2) is 0 Å². The summed E-state index contributed by atoms with van der Waals surface area (Å²) in [4.78, 5) is 14.0. The van der Waals surface area contributed by atoms with E-state index in [9.17, 15) is 9.90 Å². The van der Waals surface area contributed by atoms with Gasteiger partial charge in [-0.15, -0.1) is 0 Å². The Morgan fingerprint density at radius 2 is 1.68 bits per heavy atom. The van der Waals surface area contributed by atoms with Gasteiger partial charge in [-0.1, -0.05) is 60.7 Å². The molecular formula is C19H21NO2. The molecule has 1 saturated heterocycles. The molecule has 1 N–H and O–H groups in total. The van der Waals surface area contributed by atoms with Crippen molar-refractivity contribution in [1.82, 2.24) is 4.90 Å². The minimum absolute atomic E-state index is 0.0659. The Balaban J connectivity index is 1.77. The first-order chi connectivity index (χ1) is 10.7. The fourth-order valence-electron chi connectivity index (χ4n) is 3.34. The fraction of sp³-hybridized carbons (Fsp3) is 0.316. The van der Waals surface area contributed by atoms with Crippen molar-refractivity contribution in [3.63, 3.8) is 0 Å². The lowest BCUT2D eigenvalue weighted by molar-refractivity contribution is -0.144. The van der Waals surface area contributed by atoms with Crippen LogP contribution < -0.4 is 0 Å². The summed E-state index contributed by atoms with van der Waals surface area (Å²) in [6.07, 6.45) is 0.710. The number of rotatable bonds is 4. The summed E-state index contributed by atoms with van der Waals surface area (Å²) < 4.78 is 0. The highest BCUT2D eigenvalue weighted by Crippen LogP contribution is 2.33. The average Bonchev–Trinajstić information content (AvgIpc) is 2.56. The van der Waals surface area contributed by atoms with Gasteiger partial charge in [0.05, 0.1) is 5.92 Å². The number of benzene rings is 2. The summed E-state index contributed by atoms with van der Waals surface area (Å²) >= 11 is 0. The molecular weight excluding hydrogens is 274 g/mol. The Labute approximate surface area is 131 Å². The van der Waals surface area contributed by atoms with E-state index in [1.807, 2.05) is 48.5 Å². The van der Waals surface area contributed by atoms with Crippen LogP contribution in [0.5, 0.6) is 0 Å². The van der Waals surface area contributed by atoms with Gasteiger partial charge in [0, 0.05) is 19.0 Å². The smallest absolute Gasteiger partial charge is 0.307 e. The summed E-state index contributed by atoms with van der Waals surface area (Å²) in [7, 11) is 0. The van der Waals surface area contributed by atoms with Crippen LogP contribution in [-0.4, -0.2) is 29.1 Å².